The SMILES string of the molecule is CCCOc1cccnc1I. The van der Waals surface area contributed by atoms with Gasteiger partial charge >= 0.3 is 0 Å². The van der Waals surface area contributed by atoms with E-state index in [-0.39, 0.29) is 0 Å². The Balaban J connectivity index is 2.62. The zero-order valence-corrected chi connectivity index (χ0v) is 8.54. The molecule has 1 aromatic heterocycles. The van der Waals surface area contributed by atoms with Crippen LogP contribution in [0.5, 0.6) is 5.75 Å². The van der Waals surface area contributed by atoms with Crippen molar-refractivity contribution in [2.75, 3.05) is 6.61 Å². The number of nitrogens with zero attached hydrogens (tertiary/aromatic N) is 1. The molecule has 0 atom stereocenters. The van der Waals surface area contributed by atoms with Crippen LogP contribution in [0.4, 0.5) is 0 Å². The average Bonchev–Trinajstić information content (AvgIpc) is 2.03. The van der Waals surface area contributed by atoms with Crippen molar-refractivity contribution in [3.8, 4) is 5.75 Å². The van der Waals surface area contributed by atoms with Gasteiger partial charge in [-0.15, -0.1) is 0 Å². The van der Waals surface area contributed by atoms with Gasteiger partial charge in [-0.1, -0.05) is 6.92 Å². The van der Waals surface area contributed by atoms with Gasteiger partial charge in [0.05, 0.1) is 6.61 Å². The molecule has 1 aromatic rings. The summed E-state index contributed by atoms with van der Waals surface area (Å²) in [6.45, 7) is 2.85. The van der Waals surface area contributed by atoms with Crippen LogP contribution in [-0.4, -0.2) is 11.6 Å². The molecular formula is C8H10INO. The van der Waals surface area contributed by atoms with Gasteiger partial charge in [0.2, 0.25) is 0 Å². The largest absolute Gasteiger partial charge is 0.491 e. The molecule has 0 N–H and O–H groups in total. The molecule has 0 unspecified atom stereocenters. The number of pyridine rings is 1. The van der Waals surface area contributed by atoms with Crippen molar-refractivity contribution in [2.45, 2.75) is 13.3 Å². The lowest BCUT2D eigenvalue weighted by Crippen LogP contribution is -1.97. The van der Waals surface area contributed by atoms with Crippen LogP contribution < -0.4 is 4.74 Å². The van der Waals surface area contributed by atoms with Crippen LogP contribution in [0.15, 0.2) is 18.3 Å². The number of hydrogen-bond acceptors (Lipinski definition) is 2. The van der Waals surface area contributed by atoms with Gasteiger partial charge in [0.15, 0.2) is 5.75 Å². The van der Waals surface area contributed by atoms with Crippen LogP contribution in [-0.2, 0) is 0 Å². The summed E-state index contributed by atoms with van der Waals surface area (Å²) >= 11 is 2.16. The van der Waals surface area contributed by atoms with E-state index in [0.717, 1.165) is 22.5 Å². The second-order valence-corrected chi connectivity index (χ2v) is 3.16. The van der Waals surface area contributed by atoms with E-state index in [9.17, 15) is 0 Å². The van der Waals surface area contributed by atoms with Crippen LogP contribution in [0.25, 0.3) is 0 Å². The third-order valence-electron chi connectivity index (χ3n) is 1.19. The quantitative estimate of drug-likeness (QED) is 0.617. The van der Waals surface area contributed by atoms with Crippen molar-refractivity contribution < 1.29 is 4.74 Å². The first-order valence-corrected chi connectivity index (χ1v) is 4.65. The fraction of sp³-hybridized carbons (Fsp3) is 0.375. The first-order chi connectivity index (χ1) is 5.34. The third-order valence-corrected chi connectivity index (χ3v) is 2.00. The molecule has 0 radical (unpaired) electrons. The summed E-state index contributed by atoms with van der Waals surface area (Å²) < 4.78 is 6.35. The average molecular weight is 263 g/mol. The van der Waals surface area contributed by atoms with Gasteiger partial charge < -0.3 is 4.74 Å². The van der Waals surface area contributed by atoms with E-state index in [4.69, 9.17) is 4.74 Å². The molecule has 0 aliphatic heterocycles. The first kappa shape index (κ1) is 8.77. The van der Waals surface area contributed by atoms with Crippen molar-refractivity contribution in [2.24, 2.45) is 0 Å². The Kier molecular flexibility index (Phi) is 3.62. The lowest BCUT2D eigenvalue weighted by atomic mass is 10.4. The summed E-state index contributed by atoms with van der Waals surface area (Å²) in [6, 6.07) is 3.82. The van der Waals surface area contributed by atoms with E-state index in [0.29, 0.717) is 0 Å². The summed E-state index contributed by atoms with van der Waals surface area (Å²) in [7, 11) is 0. The summed E-state index contributed by atoms with van der Waals surface area (Å²) in [5, 5.41) is 0. The van der Waals surface area contributed by atoms with Gasteiger partial charge in [0, 0.05) is 6.20 Å². The summed E-state index contributed by atoms with van der Waals surface area (Å²) in [6.07, 6.45) is 2.80. The van der Waals surface area contributed by atoms with Gasteiger partial charge in [0.25, 0.3) is 0 Å². The van der Waals surface area contributed by atoms with Crippen LogP contribution in [0.1, 0.15) is 13.3 Å². The molecule has 11 heavy (non-hydrogen) atoms. The van der Waals surface area contributed by atoms with E-state index in [1.165, 1.54) is 0 Å². The molecule has 60 valence electrons. The van der Waals surface area contributed by atoms with Crippen LogP contribution in [0.2, 0.25) is 0 Å². The Morgan fingerprint density at radius 2 is 2.45 bits per heavy atom. The van der Waals surface area contributed by atoms with E-state index in [1.54, 1.807) is 6.20 Å². The molecule has 0 aromatic carbocycles. The zero-order valence-electron chi connectivity index (χ0n) is 6.38. The van der Waals surface area contributed by atoms with Crippen molar-refractivity contribution in [3.05, 3.63) is 22.0 Å². The molecule has 1 heterocycles. The minimum atomic E-state index is 0.766. The number of ether oxygens (including phenoxy) is 1. The van der Waals surface area contributed by atoms with Crippen molar-refractivity contribution in [1.29, 1.82) is 0 Å². The maximum Gasteiger partial charge on any atom is 0.151 e. The highest BCUT2D eigenvalue weighted by Crippen LogP contribution is 2.16. The van der Waals surface area contributed by atoms with Gasteiger partial charge in [-0.05, 0) is 41.1 Å². The molecule has 0 bridgehead atoms. The number of rotatable bonds is 3. The third kappa shape index (κ3) is 2.65. The van der Waals surface area contributed by atoms with Gasteiger partial charge in [-0.3, -0.25) is 0 Å². The standard InChI is InChI=1S/C8H10INO/c1-2-6-11-7-4-3-5-10-8(7)9/h3-5H,2,6H2,1H3. The lowest BCUT2D eigenvalue weighted by Gasteiger charge is -2.04. The monoisotopic (exact) mass is 263 g/mol. The van der Waals surface area contributed by atoms with Crippen LogP contribution in [0.3, 0.4) is 0 Å². The zero-order chi connectivity index (χ0) is 8.10. The summed E-state index contributed by atoms with van der Waals surface area (Å²) in [5.74, 6) is 0.884. The molecule has 0 amide bonds. The Morgan fingerprint density at radius 1 is 1.64 bits per heavy atom. The fourth-order valence-corrected chi connectivity index (χ4v) is 1.19. The highest BCUT2D eigenvalue weighted by atomic mass is 127. The Labute approximate surface area is 80.1 Å². The van der Waals surface area contributed by atoms with Gasteiger partial charge in [0.1, 0.15) is 3.70 Å². The van der Waals surface area contributed by atoms with Crippen molar-refractivity contribution >= 4 is 22.6 Å². The Hall–Kier alpha value is -0.320. The van der Waals surface area contributed by atoms with E-state index in [1.807, 2.05) is 12.1 Å². The molecule has 1 rings (SSSR count). The van der Waals surface area contributed by atoms with Crippen LogP contribution in [0, 0.1) is 3.70 Å². The van der Waals surface area contributed by atoms with Gasteiger partial charge in [-0.25, -0.2) is 4.98 Å². The minimum absolute atomic E-state index is 0.766. The summed E-state index contributed by atoms with van der Waals surface area (Å²) in [4.78, 5) is 4.09. The second kappa shape index (κ2) is 4.54. The highest BCUT2D eigenvalue weighted by molar-refractivity contribution is 14.1. The van der Waals surface area contributed by atoms with Crippen LogP contribution >= 0.6 is 22.6 Å². The molecular weight excluding hydrogens is 253 g/mol. The number of aromatic nitrogens is 1. The molecule has 0 fully saturated rings. The predicted molar refractivity (Wildman–Crippen MR) is 52.7 cm³/mol. The topological polar surface area (TPSA) is 22.1 Å². The molecule has 0 aliphatic carbocycles. The summed E-state index contributed by atoms with van der Waals surface area (Å²) in [5.41, 5.74) is 0. The smallest absolute Gasteiger partial charge is 0.151 e. The maximum absolute atomic E-state index is 5.42. The molecule has 2 nitrogen and oxygen atoms in total. The lowest BCUT2D eigenvalue weighted by molar-refractivity contribution is 0.313. The molecule has 0 aliphatic rings. The maximum atomic E-state index is 5.42. The van der Waals surface area contributed by atoms with E-state index in [2.05, 4.69) is 34.5 Å². The molecule has 3 heteroatoms. The minimum Gasteiger partial charge on any atom is -0.491 e. The van der Waals surface area contributed by atoms with Crippen molar-refractivity contribution in [3.63, 3.8) is 0 Å². The first-order valence-electron chi connectivity index (χ1n) is 3.58. The number of hydrogen-bond donors (Lipinski definition) is 0. The normalized spacial score (nSPS) is 9.64. The van der Waals surface area contributed by atoms with Crippen molar-refractivity contribution in [1.82, 2.24) is 4.98 Å². The second-order valence-electron chi connectivity index (χ2n) is 2.14. The van der Waals surface area contributed by atoms with E-state index >= 15 is 0 Å². The molecule has 0 saturated heterocycles. The van der Waals surface area contributed by atoms with Gasteiger partial charge in [-0.2, -0.15) is 0 Å². The number of halogens is 1. The Morgan fingerprint density at radius 3 is 3.09 bits per heavy atom. The van der Waals surface area contributed by atoms with E-state index < -0.39 is 0 Å². The predicted octanol–water partition coefficient (Wildman–Crippen LogP) is 2.48. The molecule has 0 spiro atoms. The molecule has 0 saturated carbocycles. The fourth-order valence-electron chi connectivity index (χ4n) is 0.691. The Bertz CT molecular complexity index is 227. The highest BCUT2D eigenvalue weighted by Gasteiger charge is 1.97.